The van der Waals surface area contributed by atoms with E-state index in [2.05, 4.69) is 16.9 Å². The van der Waals surface area contributed by atoms with Crippen molar-refractivity contribution in [3.05, 3.63) is 11.9 Å². The second-order valence-electron chi connectivity index (χ2n) is 3.49. The summed E-state index contributed by atoms with van der Waals surface area (Å²) in [5, 5.41) is 0. The molecule has 0 atom stereocenters. The quantitative estimate of drug-likeness (QED) is 0.711. The molecule has 5 heteroatoms. The smallest absolute Gasteiger partial charge is 0.218 e. The zero-order chi connectivity index (χ0) is 11.8. The molecule has 5 nitrogen and oxygen atoms in total. The number of nitrogens with zero attached hydrogens (tertiary/aromatic N) is 2. The van der Waals surface area contributed by atoms with Crippen molar-refractivity contribution in [1.82, 2.24) is 9.97 Å². The van der Waals surface area contributed by atoms with Gasteiger partial charge in [0.2, 0.25) is 5.88 Å². The van der Waals surface area contributed by atoms with Gasteiger partial charge in [-0.3, -0.25) is 0 Å². The molecule has 0 radical (unpaired) electrons. The van der Waals surface area contributed by atoms with Gasteiger partial charge >= 0.3 is 0 Å². The number of hydrogen-bond donors (Lipinski definition) is 1. The molecule has 0 amide bonds. The van der Waals surface area contributed by atoms with Crippen molar-refractivity contribution in [2.45, 2.75) is 26.2 Å². The molecular weight excluding hydrogens is 206 g/mol. The zero-order valence-electron chi connectivity index (χ0n) is 9.90. The van der Waals surface area contributed by atoms with Crippen LogP contribution < -0.4 is 10.5 Å². The Morgan fingerprint density at radius 1 is 1.31 bits per heavy atom. The van der Waals surface area contributed by atoms with Gasteiger partial charge in [-0.05, 0) is 6.42 Å². The average Bonchev–Trinajstić information content (AvgIpc) is 2.24. The third-order valence-corrected chi connectivity index (χ3v) is 1.99. The highest BCUT2D eigenvalue weighted by molar-refractivity contribution is 5.32. The Labute approximate surface area is 96.0 Å². The van der Waals surface area contributed by atoms with Crippen LogP contribution in [-0.4, -0.2) is 30.3 Å². The fraction of sp³-hybridized carbons (Fsp3) is 0.636. The first kappa shape index (κ1) is 12.7. The van der Waals surface area contributed by atoms with Gasteiger partial charge in [-0.1, -0.05) is 6.92 Å². The van der Waals surface area contributed by atoms with Crippen molar-refractivity contribution in [1.29, 1.82) is 0 Å². The number of aromatic nitrogens is 2. The van der Waals surface area contributed by atoms with Gasteiger partial charge < -0.3 is 15.2 Å². The van der Waals surface area contributed by atoms with Crippen LogP contribution in [0.15, 0.2) is 6.07 Å². The molecule has 1 heterocycles. The van der Waals surface area contributed by atoms with Gasteiger partial charge in [-0.25, -0.2) is 4.98 Å². The van der Waals surface area contributed by atoms with Gasteiger partial charge in [0.15, 0.2) is 0 Å². The lowest BCUT2D eigenvalue weighted by Gasteiger charge is -2.07. The number of anilines is 1. The Morgan fingerprint density at radius 2 is 2.12 bits per heavy atom. The largest absolute Gasteiger partial charge is 0.477 e. The van der Waals surface area contributed by atoms with Gasteiger partial charge in [0.25, 0.3) is 0 Å². The second kappa shape index (κ2) is 7.00. The molecule has 0 aliphatic carbocycles. The third-order valence-electron chi connectivity index (χ3n) is 1.99. The summed E-state index contributed by atoms with van der Waals surface area (Å²) < 4.78 is 10.4. The summed E-state index contributed by atoms with van der Waals surface area (Å²) in [7, 11) is 1.67. The normalized spacial score (nSPS) is 10.4. The van der Waals surface area contributed by atoms with Crippen LogP contribution >= 0.6 is 0 Å². The van der Waals surface area contributed by atoms with Crippen LogP contribution in [0.4, 0.5) is 5.82 Å². The summed E-state index contributed by atoms with van der Waals surface area (Å²) in [4.78, 5) is 8.40. The highest BCUT2D eigenvalue weighted by atomic mass is 16.5. The highest BCUT2D eigenvalue weighted by Gasteiger charge is 2.02. The van der Waals surface area contributed by atoms with Crippen molar-refractivity contribution in [2.75, 3.05) is 26.1 Å². The number of hydrogen-bond acceptors (Lipinski definition) is 5. The van der Waals surface area contributed by atoms with Crippen LogP contribution in [0, 0.1) is 0 Å². The minimum atomic E-state index is 0.459. The van der Waals surface area contributed by atoms with Crippen molar-refractivity contribution in [2.24, 2.45) is 0 Å². The van der Waals surface area contributed by atoms with E-state index < -0.39 is 0 Å². The molecule has 16 heavy (non-hydrogen) atoms. The van der Waals surface area contributed by atoms with Crippen LogP contribution in [0.1, 0.15) is 25.6 Å². The summed E-state index contributed by atoms with van der Waals surface area (Å²) >= 11 is 0. The first-order valence-corrected chi connectivity index (χ1v) is 5.51. The van der Waals surface area contributed by atoms with E-state index in [9.17, 15) is 0 Å². The van der Waals surface area contributed by atoms with E-state index in [0.717, 1.165) is 25.1 Å². The second-order valence-corrected chi connectivity index (χ2v) is 3.49. The zero-order valence-corrected chi connectivity index (χ0v) is 9.90. The third kappa shape index (κ3) is 4.44. The van der Waals surface area contributed by atoms with E-state index in [1.165, 1.54) is 0 Å². The summed E-state index contributed by atoms with van der Waals surface area (Å²) in [5.41, 5.74) is 5.66. The molecule has 0 saturated carbocycles. The summed E-state index contributed by atoms with van der Waals surface area (Å²) in [6, 6.07) is 1.64. The van der Waals surface area contributed by atoms with Crippen LogP contribution in [0.3, 0.4) is 0 Å². The lowest BCUT2D eigenvalue weighted by atomic mass is 10.3. The maximum Gasteiger partial charge on any atom is 0.218 e. The Hall–Kier alpha value is -1.36. The van der Waals surface area contributed by atoms with Crippen molar-refractivity contribution < 1.29 is 9.47 Å². The van der Waals surface area contributed by atoms with E-state index in [-0.39, 0.29) is 0 Å². The van der Waals surface area contributed by atoms with Crippen molar-refractivity contribution in [3.63, 3.8) is 0 Å². The molecule has 0 spiro atoms. The number of rotatable bonds is 7. The first-order valence-electron chi connectivity index (χ1n) is 5.51. The van der Waals surface area contributed by atoms with E-state index in [1.807, 2.05) is 0 Å². The summed E-state index contributed by atoms with van der Waals surface area (Å²) in [6.07, 6.45) is 2.65. The highest BCUT2D eigenvalue weighted by Crippen LogP contribution is 2.12. The molecule has 0 bridgehead atoms. The number of aryl methyl sites for hydroxylation is 1. The minimum Gasteiger partial charge on any atom is -0.477 e. The van der Waals surface area contributed by atoms with Crippen molar-refractivity contribution >= 4 is 5.82 Å². The maximum atomic E-state index is 5.66. The van der Waals surface area contributed by atoms with Crippen LogP contribution in [0.25, 0.3) is 0 Å². The lowest BCUT2D eigenvalue weighted by molar-refractivity contribution is 0.170. The fourth-order valence-corrected chi connectivity index (χ4v) is 1.28. The summed E-state index contributed by atoms with van der Waals surface area (Å²) in [6.45, 7) is 3.34. The molecule has 1 aromatic heterocycles. The van der Waals surface area contributed by atoms with Crippen LogP contribution in [-0.2, 0) is 11.2 Å². The summed E-state index contributed by atoms with van der Waals surface area (Å²) in [5.74, 6) is 1.75. The van der Waals surface area contributed by atoms with Gasteiger partial charge in [-0.15, -0.1) is 0 Å². The Bertz CT molecular complexity index is 318. The predicted molar refractivity (Wildman–Crippen MR) is 62.4 cm³/mol. The molecule has 90 valence electrons. The number of nitrogens with two attached hydrogens (primary N) is 1. The topological polar surface area (TPSA) is 70.3 Å². The number of nitrogen functional groups attached to an aromatic ring is 1. The van der Waals surface area contributed by atoms with E-state index in [1.54, 1.807) is 13.2 Å². The van der Waals surface area contributed by atoms with Crippen LogP contribution in [0.2, 0.25) is 0 Å². The molecule has 0 fully saturated rings. The molecule has 0 aromatic carbocycles. The standard InChI is InChI=1S/C11H19N3O2/c1-3-5-10-13-9(12)8-11(14-10)16-7-4-6-15-2/h8H,3-7H2,1-2H3,(H2,12,13,14). The molecule has 1 rings (SSSR count). The molecular formula is C11H19N3O2. The SMILES string of the molecule is CCCc1nc(N)cc(OCCCOC)n1. The first-order chi connectivity index (χ1) is 7.76. The molecule has 0 aliphatic heterocycles. The molecule has 0 unspecified atom stereocenters. The number of methoxy groups -OCH3 is 1. The lowest BCUT2D eigenvalue weighted by Crippen LogP contribution is -2.06. The Balaban J connectivity index is 2.51. The average molecular weight is 225 g/mol. The van der Waals surface area contributed by atoms with Crippen LogP contribution in [0.5, 0.6) is 5.88 Å². The maximum absolute atomic E-state index is 5.66. The van der Waals surface area contributed by atoms with E-state index in [0.29, 0.717) is 24.9 Å². The van der Waals surface area contributed by atoms with Gasteiger partial charge in [-0.2, -0.15) is 4.98 Å². The number of ether oxygens (including phenoxy) is 2. The van der Waals surface area contributed by atoms with E-state index in [4.69, 9.17) is 15.2 Å². The van der Waals surface area contributed by atoms with E-state index >= 15 is 0 Å². The van der Waals surface area contributed by atoms with Gasteiger partial charge in [0.1, 0.15) is 11.6 Å². The minimum absolute atomic E-state index is 0.459. The Morgan fingerprint density at radius 3 is 2.81 bits per heavy atom. The predicted octanol–water partition coefficient (Wildman–Crippen LogP) is 1.43. The van der Waals surface area contributed by atoms with Crippen molar-refractivity contribution in [3.8, 4) is 5.88 Å². The van der Waals surface area contributed by atoms with Gasteiger partial charge in [0, 0.05) is 32.6 Å². The van der Waals surface area contributed by atoms with Gasteiger partial charge in [0.05, 0.1) is 6.61 Å². The molecule has 0 saturated heterocycles. The fourth-order valence-electron chi connectivity index (χ4n) is 1.28. The molecule has 0 aliphatic rings. The molecule has 1 aromatic rings. The monoisotopic (exact) mass is 225 g/mol. The molecule has 2 N–H and O–H groups in total. The Kier molecular flexibility index (Phi) is 5.56.